The summed E-state index contributed by atoms with van der Waals surface area (Å²) in [4.78, 5) is 0. The summed E-state index contributed by atoms with van der Waals surface area (Å²) in [5.74, 6) is 0. The average molecular weight is 236 g/mol. The molecular weight excluding hydrogens is 216 g/mol. The molecule has 0 aliphatic carbocycles. The van der Waals surface area contributed by atoms with Crippen LogP contribution >= 0.6 is 0 Å². The van der Waals surface area contributed by atoms with E-state index in [1.54, 1.807) is 7.05 Å². The van der Waals surface area contributed by atoms with Crippen molar-refractivity contribution in [1.29, 1.82) is 0 Å². The second-order valence-electron chi connectivity index (χ2n) is 3.81. The van der Waals surface area contributed by atoms with Crippen molar-refractivity contribution >= 4 is 10.2 Å². The number of hydrogen-bond donors (Lipinski definition) is 1. The molecule has 1 N–H and O–H groups in total. The average Bonchev–Trinajstić information content (AvgIpc) is 2.27. The highest BCUT2D eigenvalue weighted by atomic mass is 32.2. The van der Waals surface area contributed by atoms with E-state index in [0.717, 1.165) is 25.9 Å². The van der Waals surface area contributed by atoms with E-state index in [1.165, 1.54) is 17.8 Å². The molecule has 1 saturated heterocycles. The third kappa shape index (κ3) is 4.06. The molecule has 1 fully saturated rings. The summed E-state index contributed by atoms with van der Waals surface area (Å²) < 4.78 is 31.8. The van der Waals surface area contributed by atoms with Crippen molar-refractivity contribution in [2.75, 3.05) is 27.2 Å². The Hall–Kier alpha value is -0.170. The van der Waals surface area contributed by atoms with Gasteiger partial charge in [-0.05, 0) is 25.7 Å². The third-order valence-corrected chi connectivity index (χ3v) is 4.23. The van der Waals surface area contributed by atoms with E-state index in [4.69, 9.17) is 4.74 Å². The molecule has 1 unspecified atom stereocenters. The van der Waals surface area contributed by atoms with Crippen LogP contribution in [0.15, 0.2) is 0 Å². The van der Waals surface area contributed by atoms with Gasteiger partial charge in [-0.1, -0.05) is 0 Å². The Kier molecular flexibility index (Phi) is 4.98. The highest BCUT2D eigenvalue weighted by Crippen LogP contribution is 2.15. The molecule has 1 atom stereocenters. The second-order valence-corrected chi connectivity index (χ2v) is 5.79. The number of rotatable bonds is 5. The fourth-order valence-electron chi connectivity index (χ4n) is 1.64. The van der Waals surface area contributed by atoms with Gasteiger partial charge in [0.05, 0.1) is 6.10 Å². The molecular formula is C9H20N2O3S. The van der Waals surface area contributed by atoms with Crippen LogP contribution in [-0.4, -0.2) is 46.1 Å². The SMILES string of the molecule is CNS(=O)(=O)N(C)CCC1CCCCO1. The molecule has 6 heteroatoms. The first kappa shape index (κ1) is 12.9. The van der Waals surface area contributed by atoms with E-state index >= 15 is 0 Å². The van der Waals surface area contributed by atoms with Crippen LogP contribution in [0.3, 0.4) is 0 Å². The number of hydrogen-bond acceptors (Lipinski definition) is 3. The maximum absolute atomic E-state index is 11.3. The fourth-order valence-corrected chi connectivity index (χ4v) is 2.29. The van der Waals surface area contributed by atoms with Crippen molar-refractivity contribution in [3.8, 4) is 0 Å². The predicted molar refractivity (Wildman–Crippen MR) is 58.8 cm³/mol. The number of ether oxygens (including phenoxy) is 1. The van der Waals surface area contributed by atoms with Crippen LogP contribution in [0.25, 0.3) is 0 Å². The van der Waals surface area contributed by atoms with Gasteiger partial charge in [0, 0.05) is 27.2 Å². The maximum Gasteiger partial charge on any atom is 0.278 e. The molecule has 0 aromatic carbocycles. The summed E-state index contributed by atoms with van der Waals surface area (Å²) in [6.07, 6.45) is 4.37. The van der Waals surface area contributed by atoms with Gasteiger partial charge in [0.2, 0.25) is 0 Å². The van der Waals surface area contributed by atoms with Gasteiger partial charge in [0.15, 0.2) is 0 Å². The molecule has 0 radical (unpaired) electrons. The van der Waals surface area contributed by atoms with Gasteiger partial charge in [-0.3, -0.25) is 0 Å². The van der Waals surface area contributed by atoms with Crippen LogP contribution in [-0.2, 0) is 14.9 Å². The molecule has 1 aliphatic rings. The van der Waals surface area contributed by atoms with Crippen LogP contribution < -0.4 is 4.72 Å². The topological polar surface area (TPSA) is 58.6 Å². The summed E-state index contributed by atoms with van der Waals surface area (Å²) in [7, 11) is -0.274. The van der Waals surface area contributed by atoms with E-state index in [9.17, 15) is 8.42 Å². The zero-order valence-corrected chi connectivity index (χ0v) is 10.2. The standard InChI is InChI=1S/C9H20N2O3S/c1-10-15(12,13)11(2)7-6-9-5-3-4-8-14-9/h9-10H,3-8H2,1-2H3. The van der Waals surface area contributed by atoms with Crippen LogP contribution in [0.1, 0.15) is 25.7 Å². The first-order chi connectivity index (χ1) is 7.06. The quantitative estimate of drug-likeness (QED) is 0.749. The zero-order chi connectivity index (χ0) is 11.3. The summed E-state index contributed by atoms with van der Waals surface area (Å²) in [5.41, 5.74) is 0. The lowest BCUT2D eigenvalue weighted by Gasteiger charge is -2.24. The minimum atomic E-state index is -3.27. The monoisotopic (exact) mass is 236 g/mol. The lowest BCUT2D eigenvalue weighted by Crippen LogP contribution is -2.38. The van der Waals surface area contributed by atoms with Crippen molar-refractivity contribution in [2.45, 2.75) is 31.8 Å². The highest BCUT2D eigenvalue weighted by Gasteiger charge is 2.18. The lowest BCUT2D eigenvalue weighted by molar-refractivity contribution is 0.00948. The number of nitrogens with zero attached hydrogens (tertiary/aromatic N) is 1. The molecule has 1 aliphatic heterocycles. The molecule has 5 nitrogen and oxygen atoms in total. The Labute approximate surface area is 92.0 Å². The Morgan fingerprint density at radius 2 is 2.20 bits per heavy atom. The van der Waals surface area contributed by atoms with Crippen molar-refractivity contribution in [3.63, 3.8) is 0 Å². The van der Waals surface area contributed by atoms with Gasteiger partial charge in [0.25, 0.3) is 10.2 Å². The normalized spacial score (nSPS) is 23.3. The molecule has 90 valence electrons. The third-order valence-electron chi connectivity index (χ3n) is 2.71. The molecule has 1 rings (SSSR count). The van der Waals surface area contributed by atoms with E-state index in [0.29, 0.717) is 6.54 Å². The van der Waals surface area contributed by atoms with Crippen molar-refractivity contribution in [2.24, 2.45) is 0 Å². The molecule has 0 aromatic rings. The first-order valence-electron chi connectivity index (χ1n) is 5.32. The molecule has 0 bridgehead atoms. The van der Waals surface area contributed by atoms with Crippen molar-refractivity contribution in [3.05, 3.63) is 0 Å². The largest absolute Gasteiger partial charge is 0.378 e. The molecule has 15 heavy (non-hydrogen) atoms. The van der Waals surface area contributed by atoms with E-state index in [-0.39, 0.29) is 6.10 Å². The Morgan fingerprint density at radius 3 is 2.73 bits per heavy atom. The Bertz CT molecular complexity index is 273. The van der Waals surface area contributed by atoms with Crippen molar-refractivity contribution < 1.29 is 13.2 Å². The van der Waals surface area contributed by atoms with E-state index < -0.39 is 10.2 Å². The molecule has 0 amide bonds. The van der Waals surface area contributed by atoms with E-state index in [1.807, 2.05) is 0 Å². The van der Waals surface area contributed by atoms with Gasteiger partial charge in [-0.2, -0.15) is 12.7 Å². The maximum atomic E-state index is 11.3. The lowest BCUT2D eigenvalue weighted by atomic mass is 10.1. The van der Waals surface area contributed by atoms with Crippen LogP contribution in [0.2, 0.25) is 0 Å². The first-order valence-corrected chi connectivity index (χ1v) is 6.76. The van der Waals surface area contributed by atoms with Gasteiger partial charge in [0.1, 0.15) is 0 Å². The molecule has 0 saturated carbocycles. The smallest absolute Gasteiger partial charge is 0.278 e. The molecule has 1 heterocycles. The fraction of sp³-hybridized carbons (Fsp3) is 1.00. The summed E-state index contributed by atoms with van der Waals surface area (Å²) in [6, 6.07) is 0. The van der Waals surface area contributed by atoms with Crippen LogP contribution in [0.4, 0.5) is 0 Å². The van der Waals surface area contributed by atoms with Gasteiger partial charge in [-0.15, -0.1) is 0 Å². The van der Waals surface area contributed by atoms with Gasteiger partial charge >= 0.3 is 0 Å². The minimum Gasteiger partial charge on any atom is -0.378 e. The molecule has 0 aromatic heterocycles. The summed E-state index contributed by atoms with van der Waals surface area (Å²) >= 11 is 0. The van der Waals surface area contributed by atoms with Gasteiger partial charge < -0.3 is 4.74 Å². The van der Waals surface area contributed by atoms with Crippen molar-refractivity contribution in [1.82, 2.24) is 9.03 Å². The highest BCUT2D eigenvalue weighted by molar-refractivity contribution is 7.87. The Morgan fingerprint density at radius 1 is 1.47 bits per heavy atom. The predicted octanol–water partition coefficient (Wildman–Crippen LogP) is 0.342. The summed E-state index contributed by atoms with van der Waals surface area (Å²) in [6.45, 7) is 1.32. The van der Waals surface area contributed by atoms with Crippen LogP contribution in [0, 0.1) is 0 Å². The van der Waals surface area contributed by atoms with E-state index in [2.05, 4.69) is 4.72 Å². The zero-order valence-electron chi connectivity index (χ0n) is 9.40. The second kappa shape index (κ2) is 5.79. The minimum absolute atomic E-state index is 0.230. The number of nitrogens with one attached hydrogen (secondary N) is 1. The van der Waals surface area contributed by atoms with Crippen LogP contribution in [0.5, 0.6) is 0 Å². The summed E-state index contributed by atoms with van der Waals surface area (Å²) in [5, 5.41) is 0. The van der Waals surface area contributed by atoms with Gasteiger partial charge in [-0.25, -0.2) is 4.72 Å². The molecule has 0 spiro atoms. The Balaban J connectivity index is 2.30.